The lowest BCUT2D eigenvalue weighted by atomic mass is 10.3. The maximum atomic E-state index is 12.0. The van der Waals surface area contributed by atoms with E-state index in [-0.39, 0.29) is 18.0 Å². The fourth-order valence-corrected chi connectivity index (χ4v) is 2.52. The van der Waals surface area contributed by atoms with Crippen molar-refractivity contribution < 1.29 is 14.3 Å². The Hall–Kier alpha value is -2.83. The molecule has 1 N–H and O–H groups in total. The van der Waals surface area contributed by atoms with Crippen LogP contribution in [0.5, 0.6) is 11.5 Å². The lowest BCUT2D eigenvalue weighted by Gasteiger charge is -2.10. The molecule has 2 aromatic rings. The second-order valence-corrected chi connectivity index (χ2v) is 6.13. The number of aromatic nitrogens is 2. The summed E-state index contributed by atoms with van der Waals surface area (Å²) in [6.45, 7) is 3.16. The van der Waals surface area contributed by atoms with E-state index < -0.39 is 0 Å². The molecule has 7 nitrogen and oxygen atoms in total. The van der Waals surface area contributed by atoms with Gasteiger partial charge in [-0.25, -0.2) is 4.68 Å². The molecule has 1 aromatic carbocycles. The van der Waals surface area contributed by atoms with Gasteiger partial charge in [0.1, 0.15) is 24.7 Å². The van der Waals surface area contributed by atoms with Crippen LogP contribution in [0.15, 0.2) is 41.2 Å². The number of amides is 1. The van der Waals surface area contributed by atoms with E-state index in [9.17, 15) is 9.59 Å². The van der Waals surface area contributed by atoms with Gasteiger partial charge in [-0.2, -0.15) is 5.10 Å². The highest BCUT2D eigenvalue weighted by molar-refractivity contribution is 5.75. The Morgan fingerprint density at radius 3 is 2.50 bits per heavy atom. The van der Waals surface area contributed by atoms with Crippen molar-refractivity contribution in [2.45, 2.75) is 32.2 Å². The zero-order valence-corrected chi connectivity index (χ0v) is 14.8. The van der Waals surface area contributed by atoms with E-state index >= 15 is 0 Å². The maximum Gasteiger partial charge on any atom is 0.267 e. The molecule has 138 valence electrons. The number of nitrogens with one attached hydrogen (secondary N) is 1. The molecule has 1 aliphatic rings. The zero-order valence-electron chi connectivity index (χ0n) is 14.8. The van der Waals surface area contributed by atoms with Crippen molar-refractivity contribution >= 4 is 5.91 Å². The Morgan fingerprint density at radius 2 is 1.85 bits per heavy atom. The van der Waals surface area contributed by atoms with Gasteiger partial charge in [0.15, 0.2) is 0 Å². The molecule has 1 aromatic heterocycles. The molecular weight excluding hydrogens is 334 g/mol. The lowest BCUT2D eigenvalue weighted by molar-refractivity contribution is -0.122. The first kappa shape index (κ1) is 18.0. The third-order valence-electron chi connectivity index (χ3n) is 4.00. The monoisotopic (exact) mass is 357 g/mol. The van der Waals surface area contributed by atoms with Crippen LogP contribution in [0.1, 0.15) is 31.4 Å². The van der Waals surface area contributed by atoms with Crippen LogP contribution in [0.25, 0.3) is 0 Å². The average molecular weight is 357 g/mol. The highest BCUT2D eigenvalue weighted by Gasteiger charge is 2.25. The quantitative estimate of drug-likeness (QED) is 0.691. The summed E-state index contributed by atoms with van der Waals surface area (Å²) in [6.07, 6.45) is 2.20. The van der Waals surface area contributed by atoms with Crippen LogP contribution in [0, 0.1) is 0 Å². The molecule has 1 fully saturated rings. The Balaban J connectivity index is 1.41. The molecule has 3 rings (SSSR count). The predicted molar refractivity (Wildman–Crippen MR) is 96.6 cm³/mol. The molecule has 1 aliphatic carbocycles. The maximum absolute atomic E-state index is 12.0. The number of nitrogens with zero attached hydrogens (tertiary/aromatic N) is 2. The second-order valence-electron chi connectivity index (χ2n) is 6.13. The molecule has 0 aliphatic heterocycles. The van der Waals surface area contributed by atoms with E-state index in [1.54, 1.807) is 6.07 Å². The predicted octanol–water partition coefficient (Wildman–Crippen LogP) is 1.71. The van der Waals surface area contributed by atoms with E-state index in [0.717, 1.165) is 24.3 Å². The van der Waals surface area contributed by atoms with Crippen molar-refractivity contribution in [3.63, 3.8) is 0 Å². The van der Waals surface area contributed by atoms with Gasteiger partial charge in [-0.15, -0.1) is 0 Å². The molecule has 26 heavy (non-hydrogen) atoms. The summed E-state index contributed by atoms with van der Waals surface area (Å²) in [5.41, 5.74) is 0.617. The lowest BCUT2D eigenvalue weighted by Crippen LogP contribution is -2.35. The number of benzene rings is 1. The molecule has 0 radical (unpaired) electrons. The SMILES string of the molecule is CCOc1ccc(OCCNC(=O)Cn2nc(C3CC3)ccc2=O)cc1. The standard InChI is InChI=1S/C19H23N3O4/c1-2-25-15-5-7-16(8-6-15)26-12-11-20-18(23)13-22-19(24)10-9-17(21-22)14-3-4-14/h5-10,14H,2-4,11-13H2,1H3,(H,20,23). The summed E-state index contributed by atoms with van der Waals surface area (Å²) in [4.78, 5) is 23.8. The van der Waals surface area contributed by atoms with Gasteiger partial charge in [0, 0.05) is 12.0 Å². The number of ether oxygens (including phenoxy) is 2. The summed E-state index contributed by atoms with van der Waals surface area (Å²) in [7, 11) is 0. The third-order valence-corrected chi connectivity index (χ3v) is 4.00. The van der Waals surface area contributed by atoms with Crippen LogP contribution < -0.4 is 20.3 Å². The van der Waals surface area contributed by atoms with E-state index in [4.69, 9.17) is 9.47 Å². The van der Waals surface area contributed by atoms with Crippen LogP contribution in [-0.4, -0.2) is 35.4 Å². The minimum atomic E-state index is -0.268. The normalized spacial score (nSPS) is 13.3. The van der Waals surface area contributed by atoms with Gasteiger partial charge in [-0.3, -0.25) is 9.59 Å². The first-order chi connectivity index (χ1) is 12.7. The van der Waals surface area contributed by atoms with E-state index in [2.05, 4.69) is 10.4 Å². The molecule has 1 saturated carbocycles. The summed E-state index contributed by atoms with van der Waals surface area (Å²) in [5.74, 6) is 1.67. The van der Waals surface area contributed by atoms with Crippen molar-refractivity contribution in [1.29, 1.82) is 0 Å². The Morgan fingerprint density at radius 1 is 1.15 bits per heavy atom. The highest BCUT2D eigenvalue weighted by Crippen LogP contribution is 2.38. The highest BCUT2D eigenvalue weighted by atomic mass is 16.5. The molecule has 7 heteroatoms. The summed E-state index contributed by atoms with van der Waals surface area (Å²) >= 11 is 0. The third kappa shape index (κ3) is 5.08. The number of hydrogen-bond acceptors (Lipinski definition) is 5. The molecule has 1 heterocycles. The Kier molecular flexibility index (Phi) is 5.88. The van der Waals surface area contributed by atoms with Crippen molar-refractivity contribution in [2.24, 2.45) is 0 Å². The Bertz CT molecular complexity index is 797. The summed E-state index contributed by atoms with van der Waals surface area (Å²) in [6, 6.07) is 10.5. The molecule has 0 saturated heterocycles. The Labute approximate surface area is 151 Å². The molecule has 0 atom stereocenters. The van der Waals surface area contributed by atoms with Gasteiger partial charge in [-0.05, 0) is 50.1 Å². The molecule has 0 spiro atoms. The smallest absolute Gasteiger partial charge is 0.267 e. The molecule has 1 amide bonds. The van der Waals surface area contributed by atoms with Gasteiger partial charge in [0.2, 0.25) is 5.91 Å². The number of carbonyl (C=O) groups is 1. The van der Waals surface area contributed by atoms with Crippen LogP contribution in [0.3, 0.4) is 0 Å². The first-order valence-corrected chi connectivity index (χ1v) is 8.86. The minimum absolute atomic E-state index is 0.0809. The van der Waals surface area contributed by atoms with Gasteiger partial charge >= 0.3 is 0 Å². The molecule has 0 bridgehead atoms. The fraction of sp³-hybridized carbons (Fsp3) is 0.421. The summed E-state index contributed by atoms with van der Waals surface area (Å²) in [5, 5.41) is 7.01. The van der Waals surface area contributed by atoms with Crippen LogP contribution in [0.2, 0.25) is 0 Å². The van der Waals surface area contributed by atoms with Crippen molar-refractivity contribution in [1.82, 2.24) is 15.1 Å². The van der Waals surface area contributed by atoms with Crippen LogP contribution in [-0.2, 0) is 11.3 Å². The van der Waals surface area contributed by atoms with Gasteiger partial charge in [-0.1, -0.05) is 0 Å². The number of carbonyl (C=O) groups excluding carboxylic acids is 1. The number of hydrogen-bond donors (Lipinski definition) is 1. The molecule has 0 unspecified atom stereocenters. The van der Waals surface area contributed by atoms with E-state index in [1.165, 1.54) is 10.7 Å². The van der Waals surface area contributed by atoms with Gasteiger partial charge in [0.05, 0.1) is 18.8 Å². The van der Waals surface area contributed by atoms with Crippen LogP contribution >= 0.6 is 0 Å². The zero-order chi connectivity index (χ0) is 18.4. The van der Waals surface area contributed by atoms with Crippen molar-refractivity contribution in [2.75, 3.05) is 19.8 Å². The number of rotatable bonds is 9. The van der Waals surface area contributed by atoms with Crippen LogP contribution in [0.4, 0.5) is 0 Å². The van der Waals surface area contributed by atoms with E-state index in [0.29, 0.717) is 31.4 Å². The summed E-state index contributed by atoms with van der Waals surface area (Å²) < 4.78 is 12.2. The molecular formula is C19H23N3O4. The topological polar surface area (TPSA) is 82.4 Å². The largest absolute Gasteiger partial charge is 0.494 e. The van der Waals surface area contributed by atoms with Crippen molar-refractivity contribution in [3.8, 4) is 11.5 Å². The average Bonchev–Trinajstić information content (AvgIpc) is 3.47. The van der Waals surface area contributed by atoms with E-state index in [1.807, 2.05) is 31.2 Å². The van der Waals surface area contributed by atoms with Gasteiger partial charge in [0.25, 0.3) is 5.56 Å². The van der Waals surface area contributed by atoms with Crippen molar-refractivity contribution in [3.05, 3.63) is 52.4 Å². The van der Waals surface area contributed by atoms with Gasteiger partial charge < -0.3 is 14.8 Å². The first-order valence-electron chi connectivity index (χ1n) is 8.86. The second kappa shape index (κ2) is 8.51. The fourth-order valence-electron chi connectivity index (χ4n) is 2.52. The minimum Gasteiger partial charge on any atom is -0.494 e.